The zero-order valence-corrected chi connectivity index (χ0v) is 13.9. The van der Waals surface area contributed by atoms with Crippen molar-refractivity contribution in [2.75, 3.05) is 7.05 Å². The largest absolute Gasteiger partial charge is 0.316 e. The number of aryl methyl sites for hydroxylation is 1. The highest BCUT2D eigenvalue weighted by molar-refractivity contribution is 9.10. The van der Waals surface area contributed by atoms with Crippen molar-refractivity contribution in [1.29, 1.82) is 0 Å². The van der Waals surface area contributed by atoms with E-state index < -0.39 is 0 Å². The average molecular weight is 345 g/mol. The lowest BCUT2D eigenvalue weighted by Crippen LogP contribution is -2.36. The molecule has 0 saturated heterocycles. The van der Waals surface area contributed by atoms with Gasteiger partial charge in [-0.1, -0.05) is 34.1 Å². The second-order valence-electron chi connectivity index (χ2n) is 5.78. The fourth-order valence-electron chi connectivity index (χ4n) is 3.40. The summed E-state index contributed by atoms with van der Waals surface area (Å²) in [6, 6.07) is 13.3. The van der Waals surface area contributed by atoms with Gasteiger partial charge in [0.1, 0.15) is 0 Å². The summed E-state index contributed by atoms with van der Waals surface area (Å²) in [7, 11) is 2.07. The van der Waals surface area contributed by atoms with Crippen LogP contribution in [0.1, 0.15) is 35.6 Å². The van der Waals surface area contributed by atoms with E-state index in [4.69, 9.17) is 0 Å². The van der Waals surface area contributed by atoms with Gasteiger partial charge in [-0.2, -0.15) is 0 Å². The first-order valence-electron chi connectivity index (χ1n) is 7.63. The number of fused-ring (bicyclic) bond motifs is 1. The first-order chi connectivity index (χ1) is 10.3. The molecule has 1 heterocycles. The molecule has 110 valence electrons. The Balaban J connectivity index is 1.84. The molecule has 2 aromatic rings. The second-order valence-corrected chi connectivity index (χ2v) is 6.69. The molecular formula is C18H21BrN2. The first-order valence-corrected chi connectivity index (χ1v) is 8.42. The Hall–Kier alpha value is -1.19. The number of rotatable bonds is 4. The van der Waals surface area contributed by atoms with Crippen molar-refractivity contribution >= 4 is 15.9 Å². The predicted octanol–water partition coefficient (Wildman–Crippen LogP) is 4.09. The maximum Gasteiger partial charge on any atom is 0.0482 e. The second kappa shape index (κ2) is 6.71. The van der Waals surface area contributed by atoms with Crippen LogP contribution in [0.2, 0.25) is 0 Å². The summed E-state index contributed by atoms with van der Waals surface area (Å²) in [6.07, 6.45) is 6.64. The van der Waals surface area contributed by atoms with E-state index in [2.05, 4.69) is 69.7 Å². The van der Waals surface area contributed by atoms with Gasteiger partial charge in [-0.15, -0.1) is 0 Å². The molecule has 2 unspecified atom stereocenters. The Kier molecular flexibility index (Phi) is 4.71. The lowest BCUT2D eigenvalue weighted by Gasteiger charge is -2.31. The van der Waals surface area contributed by atoms with Gasteiger partial charge in [0.15, 0.2) is 0 Å². The summed E-state index contributed by atoms with van der Waals surface area (Å²) in [5.74, 6) is 0.513. The molecule has 0 saturated carbocycles. The van der Waals surface area contributed by atoms with E-state index in [9.17, 15) is 0 Å². The predicted molar refractivity (Wildman–Crippen MR) is 90.6 cm³/mol. The molecule has 0 bridgehead atoms. The number of benzene rings is 1. The quantitative estimate of drug-likeness (QED) is 0.903. The number of likely N-dealkylation sites (N-methyl/N-ethyl adjacent to an activating group) is 1. The van der Waals surface area contributed by atoms with Crippen LogP contribution >= 0.6 is 15.9 Å². The van der Waals surface area contributed by atoms with Crippen LogP contribution in [-0.2, 0) is 12.8 Å². The smallest absolute Gasteiger partial charge is 0.0482 e. The molecule has 1 aromatic heterocycles. The lowest BCUT2D eigenvalue weighted by molar-refractivity contribution is 0.403. The molecule has 0 aliphatic heterocycles. The highest BCUT2D eigenvalue weighted by Crippen LogP contribution is 2.33. The monoisotopic (exact) mass is 344 g/mol. The zero-order chi connectivity index (χ0) is 14.7. The van der Waals surface area contributed by atoms with Gasteiger partial charge in [0.25, 0.3) is 0 Å². The van der Waals surface area contributed by atoms with Gasteiger partial charge in [0.05, 0.1) is 0 Å². The Morgan fingerprint density at radius 3 is 3.05 bits per heavy atom. The molecule has 21 heavy (non-hydrogen) atoms. The number of pyridine rings is 1. The molecule has 1 aliphatic rings. The van der Waals surface area contributed by atoms with E-state index in [1.165, 1.54) is 36.1 Å². The molecule has 0 radical (unpaired) electrons. The van der Waals surface area contributed by atoms with Crippen molar-refractivity contribution in [1.82, 2.24) is 10.3 Å². The van der Waals surface area contributed by atoms with E-state index in [1.54, 1.807) is 0 Å². The standard InChI is InChI=1S/C18H21BrN2/c1-20-17(12-13-5-2-8-15(19)11-13)16-9-3-6-14-7-4-10-21-18(14)16/h2,4-5,7-8,10-11,16-17,20H,3,6,9,12H2,1H3. The third kappa shape index (κ3) is 3.35. The third-order valence-electron chi connectivity index (χ3n) is 4.44. The van der Waals surface area contributed by atoms with E-state index >= 15 is 0 Å². The number of aromatic nitrogens is 1. The van der Waals surface area contributed by atoms with Crippen LogP contribution in [0.25, 0.3) is 0 Å². The SMILES string of the molecule is CNC(Cc1cccc(Br)c1)C1CCCc2cccnc21. The molecule has 3 rings (SSSR count). The van der Waals surface area contributed by atoms with Crippen LogP contribution in [0.3, 0.4) is 0 Å². The number of halogens is 1. The average Bonchev–Trinajstić information content (AvgIpc) is 2.52. The van der Waals surface area contributed by atoms with Gasteiger partial charge in [-0.3, -0.25) is 4.98 Å². The van der Waals surface area contributed by atoms with Crippen molar-refractivity contribution in [2.45, 2.75) is 37.6 Å². The van der Waals surface area contributed by atoms with Gasteiger partial charge < -0.3 is 5.32 Å². The Bertz CT molecular complexity index is 612. The first kappa shape index (κ1) is 14.7. The highest BCUT2D eigenvalue weighted by Gasteiger charge is 2.28. The summed E-state index contributed by atoms with van der Waals surface area (Å²) < 4.78 is 1.15. The Labute approximate surface area is 135 Å². The van der Waals surface area contributed by atoms with Gasteiger partial charge in [0, 0.05) is 28.3 Å². The van der Waals surface area contributed by atoms with Crippen molar-refractivity contribution in [3.05, 3.63) is 63.9 Å². The lowest BCUT2D eigenvalue weighted by atomic mass is 9.80. The Morgan fingerprint density at radius 1 is 1.33 bits per heavy atom. The van der Waals surface area contributed by atoms with Gasteiger partial charge in [-0.25, -0.2) is 0 Å². The molecule has 0 spiro atoms. The fourth-order valence-corrected chi connectivity index (χ4v) is 3.85. The topological polar surface area (TPSA) is 24.9 Å². The molecule has 0 amide bonds. The molecular weight excluding hydrogens is 324 g/mol. The normalized spacial score (nSPS) is 19.0. The number of hydrogen-bond donors (Lipinski definition) is 1. The molecule has 1 aliphatic carbocycles. The van der Waals surface area contributed by atoms with E-state index in [0.29, 0.717) is 12.0 Å². The minimum atomic E-state index is 0.438. The number of nitrogens with zero attached hydrogens (tertiary/aromatic N) is 1. The molecule has 1 N–H and O–H groups in total. The van der Waals surface area contributed by atoms with Crippen LogP contribution in [0, 0.1) is 0 Å². The van der Waals surface area contributed by atoms with Crippen LogP contribution in [0.15, 0.2) is 47.1 Å². The zero-order valence-electron chi connectivity index (χ0n) is 12.3. The van der Waals surface area contributed by atoms with Crippen LogP contribution < -0.4 is 5.32 Å². The van der Waals surface area contributed by atoms with Crippen LogP contribution in [-0.4, -0.2) is 18.1 Å². The molecule has 1 aromatic carbocycles. The maximum absolute atomic E-state index is 4.68. The summed E-state index contributed by atoms with van der Waals surface area (Å²) in [6.45, 7) is 0. The van der Waals surface area contributed by atoms with Crippen LogP contribution in [0.5, 0.6) is 0 Å². The van der Waals surface area contributed by atoms with Crippen molar-refractivity contribution in [3.63, 3.8) is 0 Å². The van der Waals surface area contributed by atoms with Crippen molar-refractivity contribution in [2.24, 2.45) is 0 Å². The number of hydrogen-bond acceptors (Lipinski definition) is 2. The Morgan fingerprint density at radius 2 is 2.24 bits per heavy atom. The minimum absolute atomic E-state index is 0.438. The molecule has 0 fully saturated rings. The maximum atomic E-state index is 4.68. The third-order valence-corrected chi connectivity index (χ3v) is 4.93. The van der Waals surface area contributed by atoms with Crippen LogP contribution in [0.4, 0.5) is 0 Å². The summed E-state index contributed by atoms with van der Waals surface area (Å²) in [5.41, 5.74) is 4.10. The van der Waals surface area contributed by atoms with Gasteiger partial charge >= 0.3 is 0 Å². The minimum Gasteiger partial charge on any atom is -0.316 e. The molecule has 3 heteroatoms. The van der Waals surface area contributed by atoms with E-state index in [1.807, 2.05) is 6.20 Å². The van der Waals surface area contributed by atoms with Gasteiger partial charge in [0.2, 0.25) is 0 Å². The molecule has 2 atom stereocenters. The van der Waals surface area contributed by atoms with Crippen molar-refractivity contribution in [3.8, 4) is 0 Å². The van der Waals surface area contributed by atoms with E-state index in [-0.39, 0.29) is 0 Å². The number of nitrogens with one attached hydrogen (secondary N) is 1. The fraction of sp³-hybridized carbons (Fsp3) is 0.389. The summed E-state index contributed by atoms with van der Waals surface area (Å²) >= 11 is 3.56. The van der Waals surface area contributed by atoms with Gasteiger partial charge in [-0.05, 0) is 62.1 Å². The summed E-state index contributed by atoms with van der Waals surface area (Å²) in [5, 5.41) is 3.53. The van der Waals surface area contributed by atoms with E-state index in [0.717, 1.165) is 10.9 Å². The molecule has 2 nitrogen and oxygen atoms in total. The highest BCUT2D eigenvalue weighted by atomic mass is 79.9. The summed E-state index contributed by atoms with van der Waals surface area (Å²) in [4.78, 5) is 4.68. The van der Waals surface area contributed by atoms with Crippen molar-refractivity contribution < 1.29 is 0 Å².